The molecule has 1 aliphatic rings. The predicted octanol–water partition coefficient (Wildman–Crippen LogP) is 3.43. The number of nitrogens with two attached hydrogens (primary N) is 1. The van der Waals surface area contributed by atoms with Crippen molar-refractivity contribution in [2.75, 3.05) is 13.1 Å². The van der Waals surface area contributed by atoms with Crippen LogP contribution in [0.3, 0.4) is 0 Å². The lowest BCUT2D eigenvalue weighted by Crippen LogP contribution is -2.46. The molecule has 3 aromatic carbocycles. The molecule has 10 nitrogen and oxygen atoms in total. The number of rotatable bonds is 9. The van der Waals surface area contributed by atoms with Crippen LogP contribution in [0.5, 0.6) is 0 Å². The summed E-state index contributed by atoms with van der Waals surface area (Å²) in [4.78, 5) is 4.43. The standard InChI is InChI=1S/C27H30ClFN6O4S2/c1-18(2)25(33-41(30,38)39)16-31-27(34-40(36,37)23-14-10-21(28)11-15-23)35-17-24(19-6-4-3-5-7-19)26(32-35)20-8-12-22(29)13-9-20/h3-15,18,24-25,33H,16-17H2,1-2H3,(H,31,34)(H2,30,38,39)/t24-,25?/m1/s1. The van der Waals surface area contributed by atoms with Crippen molar-refractivity contribution in [2.45, 2.75) is 30.7 Å². The van der Waals surface area contributed by atoms with Gasteiger partial charge in [0.25, 0.3) is 20.2 Å². The molecule has 0 amide bonds. The van der Waals surface area contributed by atoms with Crippen molar-refractivity contribution >= 4 is 43.5 Å². The van der Waals surface area contributed by atoms with Crippen molar-refractivity contribution in [2.24, 2.45) is 21.2 Å². The number of hydrogen-bond donors (Lipinski definition) is 3. The van der Waals surface area contributed by atoms with Gasteiger partial charge in [0.05, 0.1) is 23.7 Å². The van der Waals surface area contributed by atoms with Gasteiger partial charge in [0, 0.05) is 17.0 Å². The molecule has 4 rings (SSSR count). The van der Waals surface area contributed by atoms with Gasteiger partial charge in [-0.15, -0.1) is 0 Å². The van der Waals surface area contributed by atoms with Gasteiger partial charge in [0.15, 0.2) is 0 Å². The van der Waals surface area contributed by atoms with Gasteiger partial charge in [-0.25, -0.2) is 32.7 Å². The summed E-state index contributed by atoms with van der Waals surface area (Å²) in [7, 11) is -8.20. The maximum Gasteiger partial charge on any atom is 0.274 e. The van der Waals surface area contributed by atoms with Crippen LogP contribution in [0.15, 0.2) is 93.9 Å². The highest BCUT2D eigenvalue weighted by Crippen LogP contribution is 2.29. The summed E-state index contributed by atoms with van der Waals surface area (Å²) in [5, 5.41) is 11.7. The minimum Gasteiger partial charge on any atom is -0.249 e. The van der Waals surface area contributed by atoms with E-state index in [1.807, 2.05) is 30.3 Å². The zero-order valence-electron chi connectivity index (χ0n) is 22.3. The molecule has 0 spiro atoms. The van der Waals surface area contributed by atoms with E-state index in [1.54, 1.807) is 26.0 Å². The first-order chi connectivity index (χ1) is 19.3. The Kier molecular flexibility index (Phi) is 9.44. The van der Waals surface area contributed by atoms with Gasteiger partial charge in [-0.05, 0) is 53.4 Å². The van der Waals surface area contributed by atoms with E-state index in [9.17, 15) is 21.2 Å². The number of nitrogens with zero attached hydrogens (tertiary/aromatic N) is 3. The van der Waals surface area contributed by atoms with Gasteiger partial charge < -0.3 is 0 Å². The highest BCUT2D eigenvalue weighted by Gasteiger charge is 2.33. The Bertz CT molecular complexity index is 1630. The third kappa shape index (κ3) is 8.11. The summed E-state index contributed by atoms with van der Waals surface area (Å²) >= 11 is 5.94. The van der Waals surface area contributed by atoms with Crippen LogP contribution >= 0.6 is 11.6 Å². The third-order valence-electron chi connectivity index (χ3n) is 6.41. The molecule has 41 heavy (non-hydrogen) atoms. The maximum absolute atomic E-state index is 13.7. The Morgan fingerprint density at radius 1 is 1.05 bits per heavy atom. The minimum absolute atomic E-state index is 0.0563. The van der Waals surface area contributed by atoms with Crippen LogP contribution in [0.1, 0.15) is 30.9 Å². The minimum atomic E-state index is -4.15. The van der Waals surface area contributed by atoms with Gasteiger partial charge in [0.2, 0.25) is 5.96 Å². The molecule has 0 aliphatic carbocycles. The van der Waals surface area contributed by atoms with Crippen molar-refractivity contribution in [1.82, 2.24) is 14.5 Å². The third-order valence-corrected chi connectivity index (χ3v) is 8.64. The summed E-state index contributed by atoms with van der Waals surface area (Å²) in [5.41, 5.74) is 2.14. The zero-order valence-corrected chi connectivity index (χ0v) is 24.7. The fraction of sp³-hybridized carbons (Fsp3) is 0.259. The van der Waals surface area contributed by atoms with E-state index in [4.69, 9.17) is 21.8 Å². The van der Waals surface area contributed by atoms with Crippen molar-refractivity contribution in [1.29, 1.82) is 0 Å². The molecule has 0 fully saturated rings. The molecule has 0 radical (unpaired) electrons. The molecule has 0 saturated heterocycles. The van der Waals surface area contributed by atoms with Gasteiger partial charge in [-0.3, -0.25) is 0 Å². The number of guanidine groups is 1. The van der Waals surface area contributed by atoms with E-state index in [2.05, 4.69) is 14.4 Å². The second kappa shape index (κ2) is 12.7. The molecule has 1 unspecified atom stereocenters. The number of aliphatic imine (C=N–C) groups is 1. The highest BCUT2D eigenvalue weighted by molar-refractivity contribution is 7.90. The molecule has 0 bridgehead atoms. The molecule has 1 aliphatic heterocycles. The van der Waals surface area contributed by atoms with Gasteiger partial charge >= 0.3 is 0 Å². The van der Waals surface area contributed by atoms with Gasteiger partial charge in [0.1, 0.15) is 5.82 Å². The van der Waals surface area contributed by atoms with Crippen LogP contribution in [0.4, 0.5) is 4.39 Å². The second-order valence-electron chi connectivity index (χ2n) is 9.77. The van der Waals surface area contributed by atoms with Crippen LogP contribution in [-0.2, 0) is 20.2 Å². The lowest BCUT2D eigenvalue weighted by atomic mass is 9.91. The molecule has 3 aromatic rings. The first-order valence-electron chi connectivity index (χ1n) is 12.6. The number of hydrazone groups is 1. The number of nitrogens with one attached hydrogen (secondary N) is 2. The van der Waals surface area contributed by atoms with Gasteiger partial charge in [-0.1, -0.05) is 67.9 Å². The molecular weight excluding hydrogens is 591 g/mol. The Balaban J connectivity index is 1.77. The largest absolute Gasteiger partial charge is 0.274 e. The molecular formula is C27H30ClFN6O4S2. The van der Waals surface area contributed by atoms with Crippen LogP contribution in [-0.4, -0.2) is 52.6 Å². The van der Waals surface area contributed by atoms with E-state index in [0.717, 1.165) is 5.56 Å². The van der Waals surface area contributed by atoms with Gasteiger partial charge in [-0.2, -0.15) is 18.2 Å². The fourth-order valence-corrected chi connectivity index (χ4v) is 6.12. The molecule has 14 heteroatoms. The van der Waals surface area contributed by atoms with Crippen molar-refractivity contribution in [3.8, 4) is 0 Å². The summed E-state index contributed by atoms with van der Waals surface area (Å²) in [6.45, 7) is 3.62. The van der Waals surface area contributed by atoms with E-state index in [0.29, 0.717) is 16.3 Å². The summed E-state index contributed by atoms with van der Waals surface area (Å²) in [6, 6.07) is 20.2. The van der Waals surface area contributed by atoms with Crippen LogP contribution < -0.4 is 14.6 Å². The maximum atomic E-state index is 13.7. The topological polar surface area (TPSA) is 146 Å². The summed E-state index contributed by atoms with van der Waals surface area (Å²) in [6.07, 6.45) is 0. The Labute approximate surface area is 244 Å². The normalized spacial score (nSPS) is 17.0. The molecule has 0 aromatic heterocycles. The fourth-order valence-electron chi connectivity index (χ4n) is 4.20. The Morgan fingerprint density at radius 3 is 2.27 bits per heavy atom. The van der Waals surface area contributed by atoms with Crippen molar-refractivity contribution in [3.05, 3.63) is 101 Å². The lowest BCUT2D eigenvalue weighted by Gasteiger charge is -2.23. The van der Waals surface area contributed by atoms with Crippen LogP contribution in [0.25, 0.3) is 0 Å². The molecule has 0 saturated carbocycles. The quantitative estimate of drug-likeness (QED) is 0.248. The van der Waals surface area contributed by atoms with Crippen LogP contribution in [0, 0.1) is 11.7 Å². The Morgan fingerprint density at radius 2 is 1.68 bits per heavy atom. The van der Waals surface area contributed by atoms with E-state index < -0.39 is 32.1 Å². The highest BCUT2D eigenvalue weighted by atomic mass is 35.5. The molecule has 218 valence electrons. The second-order valence-corrected chi connectivity index (χ2v) is 13.2. The Hall–Kier alpha value is -3.36. The van der Waals surface area contributed by atoms with E-state index in [1.165, 1.54) is 41.4 Å². The zero-order chi connectivity index (χ0) is 29.8. The summed E-state index contributed by atoms with van der Waals surface area (Å²) < 4.78 is 68.8. The smallest absolute Gasteiger partial charge is 0.249 e. The molecule has 1 heterocycles. The SMILES string of the molecule is CC(C)C(CN=C(NS(=O)(=O)c1ccc(Cl)cc1)N1C[C@H](c2ccccc2)C(c2ccc(F)cc2)=N1)NS(N)(=O)=O. The first kappa shape index (κ1) is 30.6. The first-order valence-corrected chi connectivity index (χ1v) is 16.0. The number of benzene rings is 3. The monoisotopic (exact) mass is 620 g/mol. The number of halogens is 2. The predicted molar refractivity (Wildman–Crippen MR) is 158 cm³/mol. The van der Waals surface area contributed by atoms with E-state index >= 15 is 0 Å². The molecule has 2 atom stereocenters. The lowest BCUT2D eigenvalue weighted by molar-refractivity contribution is 0.438. The van der Waals surface area contributed by atoms with E-state index in [-0.39, 0.29) is 35.8 Å². The summed E-state index contributed by atoms with van der Waals surface area (Å²) in [5.74, 6) is -1.06. The van der Waals surface area contributed by atoms with Crippen LogP contribution in [0.2, 0.25) is 5.02 Å². The van der Waals surface area contributed by atoms with Crippen molar-refractivity contribution in [3.63, 3.8) is 0 Å². The van der Waals surface area contributed by atoms with Crippen molar-refractivity contribution < 1.29 is 21.2 Å². The number of hydrogen-bond acceptors (Lipinski definition) is 6. The molecule has 4 N–H and O–H groups in total. The number of sulfonamides is 1. The average molecular weight is 621 g/mol. The average Bonchev–Trinajstić information content (AvgIpc) is 3.36.